The van der Waals surface area contributed by atoms with Gasteiger partial charge in [-0.3, -0.25) is 12.2 Å². The fourth-order valence-electron chi connectivity index (χ4n) is 1.99. The first-order valence-corrected chi connectivity index (χ1v) is 12.5. The van der Waals surface area contributed by atoms with Gasteiger partial charge in [-0.25, -0.2) is 22.3 Å². The molecule has 0 heterocycles. The molecule has 0 atom stereocenters. The summed E-state index contributed by atoms with van der Waals surface area (Å²) in [6.07, 6.45) is 15.4. The van der Waals surface area contributed by atoms with E-state index < -0.39 is 0 Å². The Morgan fingerprint density at radius 2 is 1.14 bits per heavy atom. The van der Waals surface area contributed by atoms with Crippen molar-refractivity contribution in [2.75, 3.05) is 0 Å². The molecule has 0 N–H and O–H groups in total. The summed E-state index contributed by atoms with van der Waals surface area (Å²) in [6, 6.07) is 0. The molecule has 0 amide bonds. The number of allylic oxidation sites excluding steroid dienone is 8. The van der Waals surface area contributed by atoms with Crippen LogP contribution < -0.4 is 0 Å². The van der Waals surface area contributed by atoms with Crippen molar-refractivity contribution in [2.24, 2.45) is 0 Å². The van der Waals surface area contributed by atoms with Gasteiger partial charge in [-0.2, -0.15) is 12.2 Å². The predicted molar refractivity (Wildman–Crippen MR) is 113 cm³/mol. The monoisotopic (exact) mass is 524 g/mol. The molecule has 0 saturated heterocycles. The Morgan fingerprint density at radius 1 is 0.864 bits per heavy atom. The number of hydrogen-bond acceptors (Lipinski definition) is 0. The van der Waals surface area contributed by atoms with Gasteiger partial charge in [0.25, 0.3) is 0 Å². The van der Waals surface area contributed by atoms with E-state index in [-0.39, 0.29) is 48.8 Å². The number of hydrogen-bond donors (Lipinski definition) is 0. The molecular formula is C18H32Br2SiZr-4. The van der Waals surface area contributed by atoms with E-state index in [1.807, 2.05) is 6.88 Å². The summed E-state index contributed by atoms with van der Waals surface area (Å²) in [7, 11) is 0. The van der Waals surface area contributed by atoms with Crippen LogP contribution in [0.25, 0.3) is 0 Å². The molecule has 130 valence electrons. The first kappa shape index (κ1) is 34.4. The van der Waals surface area contributed by atoms with Gasteiger partial charge in [0, 0.05) is 0 Å². The summed E-state index contributed by atoms with van der Waals surface area (Å²) in [5.74, 6) is 0. The van der Waals surface area contributed by atoms with E-state index in [4.69, 9.17) is 0 Å². The fraction of sp³-hybridized carbons (Fsp3) is 0.444. The van der Waals surface area contributed by atoms with Gasteiger partial charge in [-0.05, 0) is 0 Å². The van der Waals surface area contributed by atoms with E-state index in [2.05, 4.69) is 52.0 Å². The van der Waals surface area contributed by atoms with E-state index in [0.717, 1.165) is 25.7 Å². The second-order valence-electron chi connectivity index (χ2n) is 4.20. The van der Waals surface area contributed by atoms with Gasteiger partial charge in [0.05, 0.1) is 0 Å². The Bertz CT molecular complexity index is 347. The second-order valence-corrected chi connectivity index (χ2v) is 4.20. The molecule has 22 heavy (non-hydrogen) atoms. The Balaban J connectivity index is -0.0000000676. The molecule has 0 aromatic heterocycles. The maximum atomic E-state index is 3.28. The van der Waals surface area contributed by atoms with E-state index in [9.17, 15) is 0 Å². The molecular weight excluding hydrogens is 495 g/mol. The standard InChI is InChI=1S/2C8H11.2CH3.2BrH.H2Si.Zr/c2*1-3-8-6-4-5-7(8)2;;;;;;/h2*5H,3-4H2,1-2H3;2*1H3;2*1H;1H2;/q4*-1;;;;. The fourth-order valence-corrected chi connectivity index (χ4v) is 1.99. The van der Waals surface area contributed by atoms with Gasteiger partial charge >= 0.3 is 30.2 Å². The molecule has 0 aromatic rings. The summed E-state index contributed by atoms with van der Waals surface area (Å²) in [5, 5.41) is 0. The number of rotatable bonds is 2. The Hall–Kier alpha value is 1.02. The van der Waals surface area contributed by atoms with Gasteiger partial charge in [0.1, 0.15) is 0 Å². The molecule has 0 nitrogen and oxygen atoms in total. The third-order valence-corrected chi connectivity index (χ3v) is 3.11. The van der Waals surface area contributed by atoms with Gasteiger partial charge in [0.15, 0.2) is 0 Å². The van der Waals surface area contributed by atoms with E-state index in [1.54, 1.807) is 23.3 Å². The zero-order chi connectivity index (χ0) is 14.0. The van der Waals surface area contributed by atoms with Crippen molar-refractivity contribution in [1.82, 2.24) is 0 Å². The molecule has 0 saturated carbocycles. The van der Waals surface area contributed by atoms with E-state index in [1.165, 1.54) is 22.3 Å². The van der Waals surface area contributed by atoms with Crippen molar-refractivity contribution >= 4 is 40.8 Å². The summed E-state index contributed by atoms with van der Waals surface area (Å²) >= 11 is 1.58. The van der Waals surface area contributed by atoms with Crippen LogP contribution in [0.4, 0.5) is 0 Å². The van der Waals surface area contributed by atoms with Crippen molar-refractivity contribution in [1.29, 1.82) is 0 Å². The van der Waals surface area contributed by atoms with Crippen molar-refractivity contribution in [3.05, 3.63) is 61.4 Å². The van der Waals surface area contributed by atoms with Gasteiger partial charge < -0.3 is 14.9 Å². The van der Waals surface area contributed by atoms with Crippen molar-refractivity contribution < 1.29 is 23.3 Å². The molecule has 0 unspecified atom stereocenters. The Morgan fingerprint density at radius 3 is 1.23 bits per heavy atom. The van der Waals surface area contributed by atoms with Gasteiger partial charge in [-0.15, -0.1) is 60.7 Å². The van der Waals surface area contributed by atoms with Crippen molar-refractivity contribution in [3.8, 4) is 0 Å². The quantitative estimate of drug-likeness (QED) is 0.301. The van der Waals surface area contributed by atoms with Crippen LogP contribution in [-0.2, 0) is 23.3 Å². The van der Waals surface area contributed by atoms with Crippen LogP contribution in [0.15, 0.2) is 34.4 Å². The summed E-state index contributed by atoms with van der Waals surface area (Å²) in [6.45, 7) is 10.6. The van der Waals surface area contributed by atoms with Crippen LogP contribution in [0.5, 0.6) is 0 Å². The third-order valence-electron chi connectivity index (χ3n) is 3.11. The third kappa shape index (κ3) is 13.5. The Kier molecular flexibility index (Phi) is 34.4. The summed E-state index contributed by atoms with van der Waals surface area (Å²) in [5.41, 5.74) is 5.66. The van der Waals surface area contributed by atoms with E-state index >= 15 is 0 Å². The Labute approximate surface area is 177 Å². The summed E-state index contributed by atoms with van der Waals surface area (Å²) < 4.78 is 0. The maximum absolute atomic E-state index is 3.28. The molecule has 2 rings (SSSR count). The molecule has 0 fully saturated rings. The molecule has 0 bridgehead atoms. The average Bonchev–Trinajstić information content (AvgIpc) is 3.00. The SMILES string of the molecule is Br.Br.CCC1=[C-]CC=C1C.CCC1=[C-]CC=C1C.[CH3-].[CH3-].[SiH2]=[Zr]. The van der Waals surface area contributed by atoms with Crippen LogP contribution in [0.1, 0.15) is 53.4 Å². The first-order valence-electron chi connectivity index (χ1n) is 6.58. The molecule has 0 spiro atoms. The minimum absolute atomic E-state index is 0. The van der Waals surface area contributed by atoms with Crippen LogP contribution in [0.2, 0.25) is 0 Å². The minimum atomic E-state index is 0. The van der Waals surface area contributed by atoms with Crippen molar-refractivity contribution in [2.45, 2.75) is 53.4 Å². The zero-order valence-electron chi connectivity index (χ0n) is 15.0. The normalized spacial score (nSPS) is 13.4. The average molecular weight is 528 g/mol. The van der Waals surface area contributed by atoms with Crippen molar-refractivity contribution in [3.63, 3.8) is 0 Å². The molecule has 0 aliphatic heterocycles. The molecule has 0 aromatic carbocycles. The molecule has 2 aliphatic rings. The zero-order valence-corrected chi connectivity index (χ0v) is 22.3. The predicted octanol–water partition coefficient (Wildman–Crippen LogP) is 6.09. The number of halogens is 2. The van der Waals surface area contributed by atoms with Gasteiger partial charge in [0.2, 0.25) is 0 Å². The second kappa shape index (κ2) is 22.0. The summed E-state index contributed by atoms with van der Waals surface area (Å²) in [4.78, 5) is 0. The van der Waals surface area contributed by atoms with E-state index in [0.29, 0.717) is 0 Å². The van der Waals surface area contributed by atoms with Crippen LogP contribution in [0, 0.1) is 27.0 Å². The van der Waals surface area contributed by atoms with Crippen LogP contribution in [-0.4, -0.2) is 6.88 Å². The molecule has 0 radical (unpaired) electrons. The van der Waals surface area contributed by atoms with Crippen LogP contribution >= 0.6 is 34.0 Å². The topological polar surface area (TPSA) is 0 Å². The molecule has 4 heteroatoms. The first-order chi connectivity index (χ1) is 8.69. The molecule has 2 aliphatic carbocycles. The van der Waals surface area contributed by atoms with Gasteiger partial charge in [-0.1, -0.05) is 26.7 Å². The van der Waals surface area contributed by atoms with Crippen LogP contribution in [0.3, 0.4) is 0 Å².